The van der Waals surface area contributed by atoms with E-state index in [1.807, 2.05) is 0 Å². The van der Waals surface area contributed by atoms with Gasteiger partial charge in [-0.05, 0) is 23.8 Å². The van der Waals surface area contributed by atoms with E-state index in [4.69, 9.17) is 14.2 Å². The maximum absolute atomic E-state index is 14.5. The minimum atomic E-state index is -6.07. The summed E-state index contributed by atoms with van der Waals surface area (Å²) >= 11 is 0. The molecule has 2 heterocycles. The zero-order valence-corrected chi connectivity index (χ0v) is 23.4. The van der Waals surface area contributed by atoms with Crippen LogP contribution in [0.4, 0.5) is 24.5 Å². The number of alkyl halides is 3. The van der Waals surface area contributed by atoms with Crippen LogP contribution in [0.25, 0.3) is 5.57 Å². The average Bonchev–Trinajstić information content (AvgIpc) is 3.58. The molecule has 14 heteroatoms. The number of benzene rings is 3. The summed E-state index contributed by atoms with van der Waals surface area (Å²) in [5.41, 5.74) is -4.54. The van der Waals surface area contributed by atoms with Crippen LogP contribution in [-0.2, 0) is 46.2 Å². The van der Waals surface area contributed by atoms with Gasteiger partial charge >= 0.3 is 15.6 Å². The number of nitrogens with zero attached hydrogens (tertiary/aromatic N) is 1. The van der Waals surface area contributed by atoms with E-state index in [-0.39, 0.29) is 48.9 Å². The fourth-order valence-electron chi connectivity index (χ4n) is 4.78. The Balaban J connectivity index is 1.64. The van der Waals surface area contributed by atoms with E-state index in [1.165, 1.54) is 31.4 Å². The molecule has 1 N–H and O–H groups in total. The monoisotopic (exact) mass is 618 g/mol. The second-order valence-electron chi connectivity index (χ2n) is 9.40. The second kappa shape index (κ2) is 11.8. The van der Waals surface area contributed by atoms with Crippen molar-refractivity contribution in [3.63, 3.8) is 0 Å². The predicted octanol–water partition coefficient (Wildman–Crippen LogP) is 4.33. The van der Waals surface area contributed by atoms with Crippen molar-refractivity contribution in [1.29, 1.82) is 0 Å². The summed E-state index contributed by atoms with van der Waals surface area (Å²) < 4.78 is 84.7. The molecule has 0 bridgehead atoms. The molecular weight excluding hydrogens is 593 g/mol. The van der Waals surface area contributed by atoms with Gasteiger partial charge in [-0.25, -0.2) is 0 Å². The molecule has 1 spiro atoms. The largest absolute Gasteiger partial charge is 0.534 e. The summed E-state index contributed by atoms with van der Waals surface area (Å²) in [6, 6.07) is 18.3. The highest BCUT2D eigenvalue weighted by Crippen LogP contribution is 2.46. The summed E-state index contributed by atoms with van der Waals surface area (Å²) in [7, 11) is -4.67. The van der Waals surface area contributed by atoms with Gasteiger partial charge in [-0.3, -0.25) is 9.59 Å². The van der Waals surface area contributed by atoms with Gasteiger partial charge in [-0.1, -0.05) is 60.7 Å². The fourth-order valence-corrected chi connectivity index (χ4v) is 5.25. The number of hydrogen-bond donors (Lipinski definition) is 1. The van der Waals surface area contributed by atoms with Crippen LogP contribution in [0.3, 0.4) is 0 Å². The molecule has 1 saturated heterocycles. The van der Waals surface area contributed by atoms with Crippen LogP contribution < -0.4 is 14.4 Å². The molecule has 43 heavy (non-hydrogen) atoms. The summed E-state index contributed by atoms with van der Waals surface area (Å²) in [4.78, 5) is 28.6. The van der Waals surface area contributed by atoms with E-state index in [0.717, 1.165) is 11.0 Å². The van der Waals surface area contributed by atoms with Crippen molar-refractivity contribution in [1.82, 2.24) is 0 Å². The van der Waals surface area contributed by atoms with Crippen molar-refractivity contribution in [2.45, 2.75) is 17.8 Å². The van der Waals surface area contributed by atoms with Gasteiger partial charge in [0.1, 0.15) is 0 Å². The lowest BCUT2D eigenvalue weighted by atomic mass is 9.96. The number of hydrogen-bond acceptors (Lipinski definition) is 8. The molecule has 1 fully saturated rings. The number of rotatable bonds is 9. The molecular formula is C29H25F3N2O8S. The fraction of sp³-hybridized carbons (Fsp3) is 0.241. The van der Waals surface area contributed by atoms with Gasteiger partial charge in [-0.15, -0.1) is 0 Å². The minimum Gasteiger partial charge on any atom is -0.381 e. The predicted molar refractivity (Wildman–Crippen MR) is 148 cm³/mol. The summed E-state index contributed by atoms with van der Waals surface area (Å²) in [6.07, 6.45) is 1.44. The van der Waals surface area contributed by atoms with Crippen LogP contribution in [0, 0.1) is 0 Å². The normalized spacial score (nSPS) is 16.2. The van der Waals surface area contributed by atoms with Crippen molar-refractivity contribution in [2.24, 2.45) is 0 Å². The number of methoxy groups -OCH3 is 1. The number of fused-ring (bicyclic) bond motifs is 2. The number of nitrogens with one attached hydrogen (secondary N) is 1. The third-order valence-electron chi connectivity index (χ3n) is 6.69. The topological polar surface area (TPSA) is 120 Å². The van der Waals surface area contributed by atoms with Crippen molar-refractivity contribution >= 4 is 38.9 Å². The molecule has 0 aromatic heterocycles. The molecule has 226 valence electrons. The van der Waals surface area contributed by atoms with Crippen LogP contribution >= 0.6 is 0 Å². The molecule has 0 radical (unpaired) electrons. The van der Waals surface area contributed by atoms with Crippen LogP contribution in [-0.4, -0.2) is 52.7 Å². The number of para-hydroxylation sites is 3. The van der Waals surface area contributed by atoms with E-state index in [2.05, 4.69) is 9.50 Å². The maximum atomic E-state index is 14.5. The smallest absolute Gasteiger partial charge is 0.381 e. The Bertz CT molecular complexity index is 1670. The van der Waals surface area contributed by atoms with Crippen molar-refractivity contribution in [2.75, 3.05) is 37.1 Å². The number of anilines is 2. The van der Waals surface area contributed by atoms with Crippen molar-refractivity contribution in [3.8, 4) is 5.75 Å². The van der Waals surface area contributed by atoms with E-state index in [0.29, 0.717) is 11.1 Å². The first-order chi connectivity index (χ1) is 20.5. The summed E-state index contributed by atoms with van der Waals surface area (Å²) in [5.74, 6) is -3.73. The van der Waals surface area contributed by atoms with E-state index >= 15 is 0 Å². The third-order valence-corrected chi connectivity index (χ3v) is 7.66. The molecule has 3 aromatic rings. The number of halogens is 3. The molecule has 3 aromatic carbocycles. The van der Waals surface area contributed by atoms with Crippen molar-refractivity contribution < 1.29 is 49.6 Å². The van der Waals surface area contributed by atoms with Crippen LogP contribution in [0.1, 0.15) is 16.7 Å². The van der Waals surface area contributed by atoms with Gasteiger partial charge in [0.15, 0.2) is 5.75 Å². The number of amides is 2. The van der Waals surface area contributed by atoms with Crippen molar-refractivity contribution in [3.05, 3.63) is 95.6 Å². The summed E-state index contributed by atoms with van der Waals surface area (Å²) in [5, 5.41) is 2.73. The molecule has 0 saturated carbocycles. The SMILES string of the molecule is COC/C=C(\C(=O)N(Cc1ccccc1)c1ccccc1OS(=O)(=O)C(F)(F)F)c1cccc2c1NC(=O)C21OCCO1. The lowest BCUT2D eigenvalue weighted by Crippen LogP contribution is -2.35. The van der Waals surface area contributed by atoms with Gasteiger partial charge < -0.3 is 28.6 Å². The van der Waals surface area contributed by atoms with Crippen LogP contribution in [0.2, 0.25) is 0 Å². The highest BCUT2D eigenvalue weighted by Gasteiger charge is 2.53. The number of carbonyl (C=O) groups is 2. The van der Waals surface area contributed by atoms with Crippen LogP contribution in [0.15, 0.2) is 78.9 Å². The summed E-state index contributed by atoms with van der Waals surface area (Å²) in [6.45, 7) is 0.0975. The molecule has 2 aliphatic heterocycles. The lowest BCUT2D eigenvalue weighted by Gasteiger charge is -2.27. The number of ether oxygens (including phenoxy) is 3. The molecule has 0 unspecified atom stereocenters. The van der Waals surface area contributed by atoms with Gasteiger partial charge in [-0.2, -0.15) is 21.6 Å². The Morgan fingerprint density at radius 1 is 1.02 bits per heavy atom. The van der Waals surface area contributed by atoms with E-state index < -0.39 is 39.0 Å². The Hall–Kier alpha value is -4.24. The molecule has 2 aliphatic rings. The van der Waals surface area contributed by atoms with Crippen LogP contribution in [0.5, 0.6) is 5.75 Å². The Morgan fingerprint density at radius 2 is 1.70 bits per heavy atom. The van der Waals surface area contributed by atoms with E-state index in [1.54, 1.807) is 48.5 Å². The zero-order valence-electron chi connectivity index (χ0n) is 22.6. The third kappa shape index (κ3) is 5.73. The molecule has 5 rings (SSSR count). The first-order valence-electron chi connectivity index (χ1n) is 12.9. The first kappa shape index (κ1) is 30.2. The highest BCUT2D eigenvalue weighted by atomic mass is 32.2. The van der Waals surface area contributed by atoms with Gasteiger partial charge in [0.05, 0.1) is 37.7 Å². The molecule has 2 amide bonds. The van der Waals surface area contributed by atoms with Gasteiger partial charge in [0.2, 0.25) is 0 Å². The Labute approximate surface area is 244 Å². The highest BCUT2D eigenvalue weighted by molar-refractivity contribution is 7.88. The maximum Gasteiger partial charge on any atom is 0.534 e. The molecule has 0 aliphatic carbocycles. The second-order valence-corrected chi connectivity index (χ2v) is 10.9. The van der Waals surface area contributed by atoms with Gasteiger partial charge in [0.25, 0.3) is 17.6 Å². The Morgan fingerprint density at radius 3 is 2.37 bits per heavy atom. The number of carbonyl (C=O) groups excluding carboxylic acids is 2. The standard InChI is InChI=1S/C29H25F3N2O8S/c1-39-15-14-21(20-10-7-11-22-25(20)33-27(36)28(22)40-16-17-41-28)26(35)34(18-19-8-3-2-4-9-19)23-12-5-6-13-24(23)42-43(37,38)29(30,31)32/h2-14H,15-18H2,1H3,(H,33,36)/b21-14-. The lowest BCUT2D eigenvalue weighted by molar-refractivity contribution is -0.178. The Kier molecular flexibility index (Phi) is 8.29. The van der Waals surface area contributed by atoms with E-state index in [9.17, 15) is 31.2 Å². The zero-order chi connectivity index (χ0) is 30.8. The molecule has 0 atom stereocenters. The average molecular weight is 619 g/mol. The quantitative estimate of drug-likeness (QED) is 0.214. The molecule has 10 nitrogen and oxygen atoms in total. The minimum absolute atomic E-state index is 0.00143. The van der Waals surface area contributed by atoms with Gasteiger partial charge in [0, 0.05) is 23.8 Å². The first-order valence-corrected chi connectivity index (χ1v) is 14.3.